The van der Waals surface area contributed by atoms with Gasteiger partial charge in [-0.3, -0.25) is 4.90 Å². The number of rotatable bonds is 2. The van der Waals surface area contributed by atoms with Crippen LogP contribution in [0.2, 0.25) is 0 Å². The standard InChI is InChI=1S/C19H17F3N2O3S.Cl2O2S/c1-23-10-11-27-18-7-6-17-15(16(18)12-23)8-9-24(17)28(25,26)14-4-2-13(3-5-14)19(20,21)22;1-5(2,3)4/h2-9H,10-12H2,1H3;. The van der Waals surface area contributed by atoms with Crippen LogP contribution in [0.1, 0.15) is 11.1 Å². The number of ether oxygens (including phenoxy) is 1. The van der Waals surface area contributed by atoms with Crippen LogP contribution in [0.3, 0.4) is 0 Å². The summed E-state index contributed by atoms with van der Waals surface area (Å²) in [6.45, 7) is 1.90. The zero-order valence-corrected chi connectivity index (χ0v) is 20.0. The van der Waals surface area contributed by atoms with Gasteiger partial charge in [-0.1, -0.05) is 0 Å². The second kappa shape index (κ2) is 9.34. The fourth-order valence-corrected chi connectivity index (χ4v) is 4.68. The van der Waals surface area contributed by atoms with Crippen molar-refractivity contribution in [2.24, 2.45) is 0 Å². The number of nitrogens with zero attached hydrogens (tertiary/aromatic N) is 2. The summed E-state index contributed by atoms with van der Waals surface area (Å²) in [4.78, 5) is 1.87. The number of alkyl halides is 3. The average Bonchev–Trinajstić information content (AvgIpc) is 3.04. The number of halogens is 5. The molecule has 180 valence electrons. The predicted molar refractivity (Wildman–Crippen MR) is 118 cm³/mol. The summed E-state index contributed by atoms with van der Waals surface area (Å²) in [7, 11) is 2.73. The molecule has 3 aromatic rings. The summed E-state index contributed by atoms with van der Waals surface area (Å²) in [5, 5.41) is 0.738. The molecule has 2 aromatic carbocycles. The van der Waals surface area contributed by atoms with E-state index < -0.39 is 30.0 Å². The minimum absolute atomic E-state index is 0.207. The molecule has 1 aromatic heterocycles. The van der Waals surface area contributed by atoms with E-state index in [0.29, 0.717) is 24.4 Å². The molecule has 0 aliphatic carbocycles. The molecule has 4 rings (SSSR count). The van der Waals surface area contributed by atoms with E-state index in [1.807, 2.05) is 7.05 Å². The van der Waals surface area contributed by atoms with Gasteiger partial charge in [-0.05, 0) is 49.5 Å². The minimum Gasteiger partial charge on any atom is -0.492 e. The molecule has 1 aliphatic rings. The van der Waals surface area contributed by atoms with Crippen molar-refractivity contribution in [1.82, 2.24) is 8.87 Å². The van der Waals surface area contributed by atoms with E-state index in [2.05, 4.69) is 26.3 Å². The Morgan fingerprint density at radius 2 is 1.58 bits per heavy atom. The Balaban J connectivity index is 0.000000555. The van der Waals surface area contributed by atoms with Gasteiger partial charge >= 0.3 is 14.4 Å². The minimum atomic E-state index is -4.52. The first-order chi connectivity index (χ1) is 15.2. The number of benzene rings is 2. The molecule has 0 spiro atoms. The van der Waals surface area contributed by atoms with Gasteiger partial charge < -0.3 is 4.74 Å². The van der Waals surface area contributed by atoms with Gasteiger partial charge in [0.05, 0.1) is 16.0 Å². The summed E-state index contributed by atoms with van der Waals surface area (Å²) >= 11 is 0. The molecule has 0 atom stereocenters. The number of hydrogen-bond donors (Lipinski definition) is 0. The Bertz CT molecular complexity index is 1360. The van der Waals surface area contributed by atoms with E-state index in [1.54, 1.807) is 18.2 Å². The third-order valence-electron chi connectivity index (χ3n) is 4.80. The van der Waals surface area contributed by atoms with Crippen LogP contribution in [0.4, 0.5) is 13.2 Å². The summed E-state index contributed by atoms with van der Waals surface area (Å²) < 4.78 is 89.4. The summed E-state index contributed by atoms with van der Waals surface area (Å²) in [6, 6.07) is 8.57. The highest BCUT2D eigenvalue weighted by atomic mass is 36.0. The first-order valence-electron chi connectivity index (χ1n) is 9.19. The summed E-state index contributed by atoms with van der Waals surface area (Å²) in [5.74, 6) is 0.710. The Morgan fingerprint density at radius 3 is 2.15 bits per heavy atom. The van der Waals surface area contributed by atoms with E-state index in [1.165, 1.54) is 6.20 Å². The maximum absolute atomic E-state index is 13.0. The molecular formula is C19H17Cl2F3N2O5S2. The van der Waals surface area contributed by atoms with Gasteiger partial charge in [0.2, 0.25) is 0 Å². The van der Waals surface area contributed by atoms with E-state index in [4.69, 9.17) is 13.2 Å². The van der Waals surface area contributed by atoms with Crippen LogP contribution < -0.4 is 4.74 Å². The highest BCUT2D eigenvalue weighted by molar-refractivity contribution is 8.31. The van der Waals surface area contributed by atoms with Crippen LogP contribution in [0.25, 0.3) is 10.9 Å². The van der Waals surface area contributed by atoms with Gasteiger partial charge in [0.15, 0.2) is 0 Å². The third-order valence-corrected chi connectivity index (χ3v) is 6.51. The van der Waals surface area contributed by atoms with Gasteiger partial charge in [-0.15, -0.1) is 0 Å². The zero-order chi connectivity index (χ0) is 24.6. The Morgan fingerprint density at radius 1 is 0.970 bits per heavy atom. The molecule has 1 aliphatic heterocycles. The molecule has 2 heterocycles. The van der Waals surface area contributed by atoms with Crippen molar-refractivity contribution < 1.29 is 34.7 Å². The van der Waals surface area contributed by atoms with Crippen LogP contribution in [0, 0.1) is 0 Å². The largest absolute Gasteiger partial charge is 0.492 e. The molecule has 14 heteroatoms. The number of likely N-dealkylation sites (N-methyl/N-ethyl adjacent to an activating group) is 1. The molecule has 0 unspecified atom stereocenters. The van der Waals surface area contributed by atoms with E-state index in [-0.39, 0.29) is 4.90 Å². The Kier molecular flexibility index (Phi) is 7.25. The van der Waals surface area contributed by atoms with Crippen LogP contribution in [-0.2, 0) is 31.0 Å². The second-order valence-corrected chi connectivity index (χ2v) is 12.6. The number of hydrogen-bond acceptors (Lipinski definition) is 6. The van der Waals surface area contributed by atoms with E-state index >= 15 is 0 Å². The van der Waals surface area contributed by atoms with Crippen molar-refractivity contribution in [2.75, 3.05) is 20.2 Å². The lowest BCUT2D eigenvalue weighted by molar-refractivity contribution is -0.137. The lowest BCUT2D eigenvalue weighted by Gasteiger charge is -2.13. The van der Waals surface area contributed by atoms with Crippen molar-refractivity contribution >= 4 is 50.6 Å². The fraction of sp³-hybridized carbons (Fsp3) is 0.263. The van der Waals surface area contributed by atoms with Crippen molar-refractivity contribution in [1.29, 1.82) is 0 Å². The van der Waals surface area contributed by atoms with Gasteiger partial charge in [-0.25, -0.2) is 12.4 Å². The fourth-order valence-electron chi connectivity index (χ4n) is 3.33. The maximum atomic E-state index is 13.0. The van der Waals surface area contributed by atoms with Crippen LogP contribution in [0.15, 0.2) is 53.6 Å². The molecule has 7 nitrogen and oxygen atoms in total. The lowest BCUT2D eigenvalue weighted by Crippen LogP contribution is -2.20. The molecule has 33 heavy (non-hydrogen) atoms. The zero-order valence-electron chi connectivity index (χ0n) is 16.9. The molecule has 0 bridgehead atoms. The summed E-state index contributed by atoms with van der Waals surface area (Å²) in [5.41, 5.74) is 0.450. The monoisotopic (exact) mass is 544 g/mol. The normalized spacial score (nSPS) is 15.2. The SMILES string of the molecule is CN1CCOc2ccc3c(ccn3S(=O)(=O)c3ccc(C(F)(F)F)cc3)c2C1.O=S(=O)(Cl)Cl. The average molecular weight is 545 g/mol. The molecule has 0 saturated heterocycles. The molecule has 0 radical (unpaired) electrons. The number of fused-ring (bicyclic) bond motifs is 3. The van der Waals surface area contributed by atoms with Crippen molar-refractivity contribution in [3.8, 4) is 5.75 Å². The van der Waals surface area contributed by atoms with E-state index in [0.717, 1.165) is 45.7 Å². The van der Waals surface area contributed by atoms with Crippen LogP contribution >= 0.6 is 21.4 Å². The summed E-state index contributed by atoms with van der Waals surface area (Å²) in [6.07, 6.45) is -3.10. The van der Waals surface area contributed by atoms with Gasteiger partial charge in [0.1, 0.15) is 12.4 Å². The van der Waals surface area contributed by atoms with Gasteiger partial charge in [0.25, 0.3) is 10.0 Å². The first-order valence-corrected chi connectivity index (χ1v) is 13.8. The van der Waals surface area contributed by atoms with Crippen molar-refractivity contribution in [3.63, 3.8) is 0 Å². The molecule has 0 N–H and O–H groups in total. The molecule has 0 fully saturated rings. The van der Waals surface area contributed by atoms with Crippen LogP contribution in [-0.4, -0.2) is 45.9 Å². The second-order valence-electron chi connectivity index (χ2n) is 7.08. The first kappa shape index (κ1) is 25.6. The molecule has 0 amide bonds. The quantitative estimate of drug-likeness (QED) is 0.443. The Labute approximate surface area is 197 Å². The van der Waals surface area contributed by atoms with Gasteiger partial charge in [0, 0.05) is 51.6 Å². The van der Waals surface area contributed by atoms with Crippen molar-refractivity contribution in [2.45, 2.75) is 17.6 Å². The third kappa shape index (κ3) is 6.12. The Hall–Kier alpha value is -1.99. The topological polar surface area (TPSA) is 85.7 Å². The highest BCUT2D eigenvalue weighted by Crippen LogP contribution is 2.34. The molecular weight excluding hydrogens is 528 g/mol. The molecule has 0 saturated carbocycles. The smallest absolute Gasteiger partial charge is 0.416 e. The van der Waals surface area contributed by atoms with Crippen molar-refractivity contribution in [3.05, 3.63) is 59.8 Å². The van der Waals surface area contributed by atoms with E-state index in [9.17, 15) is 21.6 Å². The highest BCUT2D eigenvalue weighted by Gasteiger charge is 2.31. The maximum Gasteiger partial charge on any atom is 0.416 e. The number of aromatic nitrogens is 1. The lowest BCUT2D eigenvalue weighted by atomic mass is 10.1. The predicted octanol–water partition coefficient (Wildman–Crippen LogP) is 4.43. The van der Waals surface area contributed by atoms with Crippen LogP contribution in [0.5, 0.6) is 5.75 Å². The van der Waals surface area contributed by atoms with Gasteiger partial charge in [-0.2, -0.15) is 21.6 Å².